The number of pyridine rings is 1. The van der Waals surface area contributed by atoms with E-state index in [2.05, 4.69) is 39.3 Å². The second kappa shape index (κ2) is 6.10. The molecule has 1 saturated heterocycles. The second-order valence-electron chi connectivity index (χ2n) is 5.59. The largest absolute Gasteiger partial charge is 0.409 e. The zero-order chi connectivity index (χ0) is 14.7. The maximum atomic E-state index is 8.84. The maximum Gasteiger partial charge on any atom is 0.143 e. The first-order chi connectivity index (χ1) is 10.3. The molecule has 110 valence electrons. The van der Waals surface area contributed by atoms with E-state index in [1.165, 1.54) is 10.9 Å². The van der Waals surface area contributed by atoms with Gasteiger partial charge in [0.25, 0.3) is 0 Å². The molecule has 1 atom stereocenters. The standard InChI is InChI=1S/C16H20N4O/c17-16(19-21)14-7-3-9-20(11-14)10-13-5-1-4-12-6-2-8-18-15(12)13/h1-2,4-6,8,14,21H,3,7,9-11H2,(H2,17,19). The van der Waals surface area contributed by atoms with Crippen LogP contribution in [0.4, 0.5) is 0 Å². The Morgan fingerprint density at radius 1 is 1.38 bits per heavy atom. The quantitative estimate of drug-likeness (QED) is 0.392. The molecular formula is C16H20N4O. The van der Waals surface area contributed by atoms with Crippen LogP contribution in [0.25, 0.3) is 10.9 Å². The lowest BCUT2D eigenvalue weighted by Crippen LogP contribution is -2.40. The minimum Gasteiger partial charge on any atom is -0.409 e. The number of nitrogens with two attached hydrogens (primary N) is 1. The van der Waals surface area contributed by atoms with Crippen molar-refractivity contribution < 1.29 is 5.21 Å². The van der Waals surface area contributed by atoms with Gasteiger partial charge in [-0.1, -0.05) is 29.4 Å². The average Bonchev–Trinajstić information content (AvgIpc) is 2.55. The molecule has 2 aromatic rings. The van der Waals surface area contributed by atoms with E-state index in [4.69, 9.17) is 10.9 Å². The SMILES string of the molecule is NC(=NO)C1CCCN(Cc2cccc3cccnc23)C1. The Morgan fingerprint density at radius 3 is 3.10 bits per heavy atom. The average molecular weight is 284 g/mol. The fourth-order valence-corrected chi connectivity index (χ4v) is 3.06. The monoisotopic (exact) mass is 284 g/mol. The van der Waals surface area contributed by atoms with Gasteiger partial charge in [-0.3, -0.25) is 9.88 Å². The number of rotatable bonds is 3. The van der Waals surface area contributed by atoms with Crippen LogP contribution in [0.5, 0.6) is 0 Å². The molecule has 0 spiro atoms. The maximum absolute atomic E-state index is 8.84. The molecule has 0 saturated carbocycles. The third kappa shape index (κ3) is 2.97. The third-order valence-corrected chi connectivity index (χ3v) is 4.15. The number of nitrogens with zero attached hydrogens (tertiary/aromatic N) is 3. The molecule has 5 heteroatoms. The van der Waals surface area contributed by atoms with Crippen LogP contribution in [0.1, 0.15) is 18.4 Å². The molecule has 0 bridgehead atoms. The van der Waals surface area contributed by atoms with Gasteiger partial charge in [-0.15, -0.1) is 0 Å². The van der Waals surface area contributed by atoms with Crippen molar-refractivity contribution in [3.05, 3.63) is 42.1 Å². The number of hydrogen-bond donors (Lipinski definition) is 2. The summed E-state index contributed by atoms with van der Waals surface area (Å²) >= 11 is 0. The number of benzene rings is 1. The third-order valence-electron chi connectivity index (χ3n) is 4.15. The molecule has 0 aliphatic carbocycles. The Balaban J connectivity index is 1.79. The van der Waals surface area contributed by atoms with Crippen molar-refractivity contribution in [3.8, 4) is 0 Å². The highest BCUT2D eigenvalue weighted by Gasteiger charge is 2.23. The van der Waals surface area contributed by atoms with Crippen LogP contribution >= 0.6 is 0 Å². The molecule has 2 heterocycles. The van der Waals surface area contributed by atoms with Crippen LogP contribution in [0.15, 0.2) is 41.7 Å². The van der Waals surface area contributed by atoms with E-state index in [1.54, 1.807) is 0 Å². The zero-order valence-electron chi connectivity index (χ0n) is 11.9. The summed E-state index contributed by atoms with van der Waals surface area (Å²) in [6.45, 7) is 2.72. The number of hydrogen-bond acceptors (Lipinski definition) is 4. The molecule has 1 fully saturated rings. The van der Waals surface area contributed by atoms with Crippen LogP contribution in [0, 0.1) is 5.92 Å². The van der Waals surface area contributed by atoms with Gasteiger partial charge in [0.15, 0.2) is 0 Å². The topological polar surface area (TPSA) is 74.7 Å². The molecule has 1 aromatic carbocycles. The molecule has 1 unspecified atom stereocenters. The summed E-state index contributed by atoms with van der Waals surface area (Å²) in [7, 11) is 0. The van der Waals surface area contributed by atoms with Crippen molar-refractivity contribution in [2.45, 2.75) is 19.4 Å². The predicted octanol–water partition coefficient (Wildman–Crippen LogP) is 2.19. The van der Waals surface area contributed by atoms with Gasteiger partial charge in [0.2, 0.25) is 0 Å². The Labute approximate surface area is 124 Å². The molecule has 3 rings (SSSR count). The van der Waals surface area contributed by atoms with Crippen molar-refractivity contribution in [1.29, 1.82) is 0 Å². The van der Waals surface area contributed by atoms with E-state index >= 15 is 0 Å². The van der Waals surface area contributed by atoms with E-state index in [9.17, 15) is 0 Å². The summed E-state index contributed by atoms with van der Waals surface area (Å²) < 4.78 is 0. The molecule has 0 radical (unpaired) electrons. The van der Waals surface area contributed by atoms with Gasteiger partial charge in [-0.25, -0.2) is 0 Å². The van der Waals surface area contributed by atoms with Gasteiger partial charge in [-0.05, 0) is 31.0 Å². The Morgan fingerprint density at radius 2 is 2.24 bits per heavy atom. The number of piperidine rings is 1. The summed E-state index contributed by atoms with van der Waals surface area (Å²) in [4.78, 5) is 6.86. The lowest BCUT2D eigenvalue weighted by Gasteiger charge is -2.32. The highest BCUT2D eigenvalue weighted by molar-refractivity contribution is 5.83. The van der Waals surface area contributed by atoms with Crippen molar-refractivity contribution in [2.75, 3.05) is 13.1 Å². The Kier molecular flexibility index (Phi) is 4.01. The molecule has 5 nitrogen and oxygen atoms in total. The van der Waals surface area contributed by atoms with E-state index < -0.39 is 0 Å². The smallest absolute Gasteiger partial charge is 0.143 e. The fourth-order valence-electron chi connectivity index (χ4n) is 3.06. The summed E-state index contributed by atoms with van der Waals surface area (Å²) in [5, 5.41) is 13.2. The molecule has 1 aliphatic rings. The Hall–Kier alpha value is -2.14. The summed E-state index contributed by atoms with van der Waals surface area (Å²) in [5.41, 5.74) is 8.05. The fraction of sp³-hybridized carbons (Fsp3) is 0.375. The Bertz CT molecular complexity index is 650. The second-order valence-corrected chi connectivity index (χ2v) is 5.59. The number of aromatic nitrogens is 1. The number of amidine groups is 1. The predicted molar refractivity (Wildman–Crippen MR) is 83.2 cm³/mol. The van der Waals surface area contributed by atoms with Gasteiger partial charge >= 0.3 is 0 Å². The first-order valence-corrected chi connectivity index (χ1v) is 7.30. The lowest BCUT2D eigenvalue weighted by molar-refractivity contribution is 0.193. The van der Waals surface area contributed by atoms with Crippen LogP contribution in [0.2, 0.25) is 0 Å². The molecule has 3 N–H and O–H groups in total. The minimum atomic E-state index is 0.145. The summed E-state index contributed by atoms with van der Waals surface area (Å²) in [6.07, 6.45) is 3.89. The van der Waals surface area contributed by atoms with E-state index in [1.807, 2.05) is 12.3 Å². The van der Waals surface area contributed by atoms with Crippen LogP contribution in [-0.4, -0.2) is 34.0 Å². The van der Waals surface area contributed by atoms with Crippen molar-refractivity contribution in [3.63, 3.8) is 0 Å². The van der Waals surface area contributed by atoms with E-state index in [0.717, 1.165) is 38.0 Å². The van der Waals surface area contributed by atoms with Crippen molar-refractivity contribution >= 4 is 16.7 Å². The highest BCUT2D eigenvalue weighted by Crippen LogP contribution is 2.22. The zero-order valence-corrected chi connectivity index (χ0v) is 11.9. The minimum absolute atomic E-state index is 0.145. The van der Waals surface area contributed by atoms with Gasteiger partial charge in [0.1, 0.15) is 5.84 Å². The van der Waals surface area contributed by atoms with Gasteiger partial charge in [0, 0.05) is 30.6 Å². The molecular weight excluding hydrogens is 264 g/mol. The molecule has 21 heavy (non-hydrogen) atoms. The van der Waals surface area contributed by atoms with Crippen molar-refractivity contribution in [2.24, 2.45) is 16.8 Å². The van der Waals surface area contributed by atoms with Gasteiger partial charge in [0.05, 0.1) is 5.52 Å². The summed E-state index contributed by atoms with van der Waals surface area (Å²) in [5.74, 6) is 0.488. The van der Waals surface area contributed by atoms with Crippen LogP contribution in [0.3, 0.4) is 0 Å². The number of oxime groups is 1. The summed E-state index contributed by atoms with van der Waals surface area (Å²) in [6, 6.07) is 10.3. The van der Waals surface area contributed by atoms with Crippen molar-refractivity contribution in [1.82, 2.24) is 9.88 Å². The molecule has 1 aromatic heterocycles. The number of fused-ring (bicyclic) bond motifs is 1. The lowest BCUT2D eigenvalue weighted by atomic mass is 9.96. The number of likely N-dealkylation sites (tertiary alicyclic amines) is 1. The normalized spacial score (nSPS) is 20.8. The van der Waals surface area contributed by atoms with Crippen LogP contribution < -0.4 is 5.73 Å². The van der Waals surface area contributed by atoms with E-state index in [0.29, 0.717) is 5.84 Å². The molecule has 0 amide bonds. The first-order valence-electron chi connectivity index (χ1n) is 7.30. The number of para-hydroxylation sites is 1. The van der Waals surface area contributed by atoms with Gasteiger partial charge < -0.3 is 10.9 Å². The van der Waals surface area contributed by atoms with Crippen LogP contribution in [-0.2, 0) is 6.54 Å². The highest BCUT2D eigenvalue weighted by atomic mass is 16.4. The van der Waals surface area contributed by atoms with E-state index in [-0.39, 0.29) is 5.92 Å². The first kappa shape index (κ1) is 13.8. The van der Waals surface area contributed by atoms with Gasteiger partial charge in [-0.2, -0.15) is 0 Å². The molecule has 1 aliphatic heterocycles.